The fourth-order valence-corrected chi connectivity index (χ4v) is 0.246. The van der Waals surface area contributed by atoms with Crippen LogP contribution in [-0.4, -0.2) is 31.6 Å². The van der Waals surface area contributed by atoms with Gasteiger partial charge in [-0.25, -0.2) is 10.0 Å². The van der Waals surface area contributed by atoms with Gasteiger partial charge in [0.2, 0.25) is 5.91 Å². The van der Waals surface area contributed by atoms with Crippen molar-refractivity contribution < 1.29 is 21.8 Å². The first-order chi connectivity index (χ1) is 3.92. The Morgan fingerprint density at radius 3 is 1.80 bits per heavy atom. The lowest BCUT2D eigenvalue weighted by Crippen LogP contribution is -3.00. The quantitative estimate of drug-likeness (QED) is 0.328. The van der Waals surface area contributed by atoms with Crippen molar-refractivity contribution in [3.05, 3.63) is 0 Å². The predicted molar refractivity (Wildman–Crippen MR) is 35.0 cm³/mol. The first kappa shape index (κ1) is 12.4. The fourth-order valence-electron chi connectivity index (χ4n) is 0.246. The van der Waals surface area contributed by atoms with E-state index in [0.29, 0.717) is 4.59 Å². The average molecular weight is 168 g/mol. The van der Waals surface area contributed by atoms with Crippen LogP contribution in [0, 0.1) is 0 Å². The summed E-state index contributed by atoms with van der Waals surface area (Å²) < 4.78 is 0.513. The van der Waals surface area contributed by atoms with Crippen molar-refractivity contribution in [1.82, 2.24) is 11.0 Å². The second-order valence-electron chi connectivity index (χ2n) is 2.81. The molecule has 2 N–H and O–H groups in total. The Morgan fingerprint density at radius 1 is 1.30 bits per heavy atom. The van der Waals surface area contributed by atoms with E-state index in [1.807, 2.05) is 21.1 Å². The van der Waals surface area contributed by atoms with Gasteiger partial charge < -0.3 is 12.4 Å². The van der Waals surface area contributed by atoms with Crippen molar-refractivity contribution in [3.63, 3.8) is 0 Å². The van der Waals surface area contributed by atoms with Crippen LogP contribution in [0.2, 0.25) is 0 Å². The third-order valence-corrected chi connectivity index (χ3v) is 0.567. The zero-order valence-corrected chi connectivity index (χ0v) is 7.49. The van der Waals surface area contributed by atoms with Crippen LogP contribution in [0.25, 0.3) is 0 Å². The van der Waals surface area contributed by atoms with Crippen LogP contribution >= 0.6 is 0 Å². The van der Waals surface area contributed by atoms with Gasteiger partial charge in [-0.2, -0.15) is 0 Å². The molecule has 1 amide bonds. The SMILES string of the molecule is CC(=O)NN[N+](C)(C)C.[Cl-]. The van der Waals surface area contributed by atoms with Crippen LogP contribution in [0.4, 0.5) is 0 Å². The first-order valence-corrected chi connectivity index (χ1v) is 2.77. The Kier molecular flexibility index (Phi) is 5.55. The fraction of sp³-hybridized carbons (Fsp3) is 0.800. The molecule has 5 heteroatoms. The topological polar surface area (TPSA) is 41.1 Å². The van der Waals surface area contributed by atoms with Crippen LogP contribution in [0.15, 0.2) is 0 Å². The largest absolute Gasteiger partial charge is 1.00 e. The second kappa shape index (κ2) is 4.49. The molecule has 0 bridgehead atoms. The summed E-state index contributed by atoms with van der Waals surface area (Å²) in [5, 5.41) is 0. The van der Waals surface area contributed by atoms with E-state index in [4.69, 9.17) is 0 Å². The molecule has 0 heterocycles. The van der Waals surface area contributed by atoms with Crippen molar-refractivity contribution in [2.75, 3.05) is 21.1 Å². The summed E-state index contributed by atoms with van der Waals surface area (Å²) in [5.74, 6) is -0.0805. The van der Waals surface area contributed by atoms with Crippen LogP contribution in [0.5, 0.6) is 0 Å². The van der Waals surface area contributed by atoms with Gasteiger partial charge in [-0.1, -0.05) is 5.53 Å². The van der Waals surface area contributed by atoms with Gasteiger partial charge in [0.15, 0.2) is 0 Å². The molecule has 0 aliphatic heterocycles. The maximum Gasteiger partial charge on any atom is 0.234 e. The first-order valence-electron chi connectivity index (χ1n) is 2.77. The van der Waals surface area contributed by atoms with Crippen LogP contribution < -0.4 is 23.4 Å². The van der Waals surface area contributed by atoms with E-state index < -0.39 is 0 Å². The number of halogens is 1. The number of hydrogen-bond acceptors (Lipinski definition) is 2. The van der Waals surface area contributed by atoms with E-state index in [1.165, 1.54) is 6.92 Å². The molecule has 0 aliphatic rings. The van der Waals surface area contributed by atoms with E-state index in [9.17, 15) is 4.79 Å². The summed E-state index contributed by atoms with van der Waals surface area (Å²) >= 11 is 0. The molecule has 0 aromatic heterocycles. The number of nitrogens with one attached hydrogen (secondary N) is 2. The monoisotopic (exact) mass is 167 g/mol. The van der Waals surface area contributed by atoms with E-state index in [2.05, 4.69) is 11.0 Å². The number of amides is 1. The maximum atomic E-state index is 10.3. The summed E-state index contributed by atoms with van der Waals surface area (Å²) in [6.07, 6.45) is 0. The molecule has 62 valence electrons. The van der Waals surface area contributed by atoms with Gasteiger partial charge in [0.25, 0.3) is 0 Å². The van der Waals surface area contributed by atoms with Crippen LogP contribution in [-0.2, 0) is 4.79 Å². The number of hydrogen-bond donors (Lipinski definition) is 2. The molecule has 10 heavy (non-hydrogen) atoms. The normalized spacial score (nSPS) is 10.0. The Labute approximate surface area is 67.5 Å². The highest BCUT2D eigenvalue weighted by Gasteiger charge is 2.04. The maximum absolute atomic E-state index is 10.3. The molecule has 0 aromatic carbocycles. The molecule has 0 aromatic rings. The second-order valence-corrected chi connectivity index (χ2v) is 2.81. The summed E-state index contributed by atoms with van der Waals surface area (Å²) in [6.45, 7) is 1.46. The highest BCUT2D eigenvalue weighted by atomic mass is 35.5. The van der Waals surface area contributed by atoms with Crippen molar-refractivity contribution in [3.8, 4) is 0 Å². The molecule has 0 atom stereocenters. The minimum Gasteiger partial charge on any atom is -1.00 e. The highest BCUT2D eigenvalue weighted by Crippen LogP contribution is 1.75. The lowest BCUT2D eigenvalue weighted by atomic mass is 10.8. The molecule has 0 unspecified atom stereocenters. The molecule has 0 aliphatic carbocycles. The van der Waals surface area contributed by atoms with Gasteiger partial charge in [0, 0.05) is 6.92 Å². The van der Waals surface area contributed by atoms with Crippen LogP contribution in [0.3, 0.4) is 0 Å². The number of hydrazine groups is 1. The Hall–Kier alpha value is -0.320. The lowest BCUT2D eigenvalue weighted by molar-refractivity contribution is -0.919. The molecule has 0 fully saturated rings. The average Bonchev–Trinajstić information content (AvgIpc) is 1.59. The number of carbonyl (C=O) groups is 1. The van der Waals surface area contributed by atoms with E-state index in [0.717, 1.165) is 0 Å². The smallest absolute Gasteiger partial charge is 0.234 e. The highest BCUT2D eigenvalue weighted by molar-refractivity contribution is 5.72. The molecule has 0 spiro atoms. The van der Waals surface area contributed by atoms with E-state index in [-0.39, 0.29) is 18.3 Å². The number of nitrogens with zero attached hydrogens (tertiary/aromatic N) is 1. The third kappa shape index (κ3) is 10.6. The molecular formula is C5H14ClN3O. The summed E-state index contributed by atoms with van der Waals surface area (Å²) in [6, 6.07) is 0. The van der Waals surface area contributed by atoms with Crippen molar-refractivity contribution in [2.24, 2.45) is 0 Å². The minimum absolute atomic E-state index is 0. The summed E-state index contributed by atoms with van der Waals surface area (Å²) in [5.41, 5.74) is 5.23. The molecule has 0 rings (SSSR count). The van der Waals surface area contributed by atoms with Crippen LogP contribution in [0.1, 0.15) is 6.92 Å². The molecule has 0 saturated heterocycles. The van der Waals surface area contributed by atoms with Crippen molar-refractivity contribution in [2.45, 2.75) is 6.92 Å². The molecule has 0 saturated carbocycles. The zero-order valence-electron chi connectivity index (χ0n) is 6.73. The molecule has 4 nitrogen and oxygen atoms in total. The van der Waals surface area contributed by atoms with Gasteiger partial charge in [0.05, 0.1) is 21.1 Å². The summed E-state index contributed by atoms with van der Waals surface area (Å²) in [4.78, 5) is 10.3. The predicted octanol–water partition coefficient (Wildman–Crippen LogP) is -3.75. The van der Waals surface area contributed by atoms with E-state index >= 15 is 0 Å². The Balaban J connectivity index is 0. The standard InChI is InChI=1S/C5H13N3O.ClH/c1-5(9)6-7-8(2,3)4;/h7H,1-4H3;1H. The number of carbonyl (C=O) groups excluding carboxylic acids is 1. The van der Waals surface area contributed by atoms with Crippen molar-refractivity contribution >= 4 is 5.91 Å². The van der Waals surface area contributed by atoms with Gasteiger partial charge >= 0.3 is 0 Å². The number of rotatable bonds is 2. The summed E-state index contributed by atoms with van der Waals surface area (Å²) in [7, 11) is 5.74. The van der Waals surface area contributed by atoms with Gasteiger partial charge in [-0.15, -0.1) is 0 Å². The van der Waals surface area contributed by atoms with Gasteiger partial charge in [-0.05, 0) is 0 Å². The lowest BCUT2D eigenvalue weighted by Gasteiger charge is -2.22. The van der Waals surface area contributed by atoms with Gasteiger partial charge in [-0.3, -0.25) is 4.79 Å². The molecule has 0 radical (unpaired) electrons. The van der Waals surface area contributed by atoms with Crippen molar-refractivity contribution in [1.29, 1.82) is 0 Å². The molecular weight excluding hydrogens is 154 g/mol. The van der Waals surface area contributed by atoms with Gasteiger partial charge in [0.1, 0.15) is 0 Å². The zero-order chi connectivity index (χ0) is 7.49. The van der Waals surface area contributed by atoms with E-state index in [1.54, 1.807) is 0 Å². The Morgan fingerprint density at radius 2 is 1.70 bits per heavy atom. The minimum atomic E-state index is -0.0805. The Bertz CT molecular complexity index is 110. The third-order valence-electron chi connectivity index (χ3n) is 0.567. The number of quaternary nitrogens is 1.